The molecule has 1 rings (SSSR count). The Hall–Kier alpha value is -1.15. The fourth-order valence-electron chi connectivity index (χ4n) is 1.52. The summed E-state index contributed by atoms with van der Waals surface area (Å²) in [5.74, 6) is 0.743. The quantitative estimate of drug-likeness (QED) is 0.736. The van der Waals surface area contributed by atoms with Crippen LogP contribution in [0.3, 0.4) is 0 Å². The van der Waals surface area contributed by atoms with E-state index in [1.807, 2.05) is 6.92 Å². The molecular weight excluding hydrogens is 263 g/mol. The van der Waals surface area contributed by atoms with Crippen LogP contribution >= 0.6 is 0 Å². The minimum atomic E-state index is -4.31. The highest BCUT2D eigenvalue weighted by Gasteiger charge is 2.27. The first kappa shape index (κ1) is 15.9. The van der Waals surface area contributed by atoms with Crippen molar-refractivity contribution in [3.63, 3.8) is 0 Å². The van der Waals surface area contributed by atoms with Gasteiger partial charge in [-0.25, -0.2) is 0 Å². The Kier molecular flexibility index (Phi) is 6.23. The summed E-state index contributed by atoms with van der Waals surface area (Å²) in [5.41, 5.74) is 5.82. The van der Waals surface area contributed by atoms with Crippen LogP contribution in [0.1, 0.15) is 31.5 Å². The van der Waals surface area contributed by atoms with Crippen molar-refractivity contribution < 1.29 is 22.4 Å². The summed E-state index contributed by atoms with van der Waals surface area (Å²) in [6.07, 6.45) is -1.83. The number of nitrogens with two attached hydrogens (primary N) is 1. The Morgan fingerprint density at radius 1 is 1.42 bits per heavy atom. The van der Waals surface area contributed by atoms with Crippen LogP contribution < -0.4 is 5.73 Å². The van der Waals surface area contributed by atoms with E-state index in [2.05, 4.69) is 14.9 Å². The molecule has 19 heavy (non-hydrogen) atoms. The van der Waals surface area contributed by atoms with E-state index in [1.165, 1.54) is 0 Å². The molecule has 1 aromatic heterocycles. The van der Waals surface area contributed by atoms with Crippen LogP contribution in [-0.2, 0) is 17.6 Å². The van der Waals surface area contributed by atoms with Crippen LogP contribution in [0.4, 0.5) is 13.2 Å². The Labute approximate surface area is 109 Å². The van der Waals surface area contributed by atoms with Crippen molar-refractivity contribution in [1.29, 1.82) is 0 Å². The topological polar surface area (TPSA) is 74.2 Å². The fourth-order valence-corrected chi connectivity index (χ4v) is 1.52. The van der Waals surface area contributed by atoms with Crippen molar-refractivity contribution >= 4 is 0 Å². The molecule has 0 aliphatic heterocycles. The molecule has 0 saturated carbocycles. The van der Waals surface area contributed by atoms with E-state index in [0.29, 0.717) is 18.1 Å². The molecule has 0 saturated heterocycles. The molecule has 1 aromatic rings. The van der Waals surface area contributed by atoms with Gasteiger partial charge in [-0.1, -0.05) is 18.5 Å². The average molecular weight is 281 g/mol. The first-order valence-corrected chi connectivity index (χ1v) is 6.12. The largest absolute Gasteiger partial charge is 0.411 e. The minimum Gasteiger partial charge on any atom is -0.372 e. The van der Waals surface area contributed by atoms with E-state index in [1.54, 1.807) is 0 Å². The van der Waals surface area contributed by atoms with E-state index in [9.17, 15) is 13.2 Å². The van der Waals surface area contributed by atoms with E-state index in [-0.39, 0.29) is 19.1 Å². The molecule has 1 unspecified atom stereocenters. The van der Waals surface area contributed by atoms with Gasteiger partial charge in [0, 0.05) is 18.9 Å². The third-order valence-electron chi connectivity index (χ3n) is 2.34. The smallest absolute Gasteiger partial charge is 0.372 e. The molecule has 0 radical (unpaired) electrons. The predicted octanol–water partition coefficient (Wildman–Crippen LogP) is 1.86. The van der Waals surface area contributed by atoms with Crippen LogP contribution in [0.2, 0.25) is 0 Å². The molecule has 0 fully saturated rings. The maximum atomic E-state index is 11.8. The molecule has 110 valence electrons. The van der Waals surface area contributed by atoms with Crippen molar-refractivity contribution in [3.8, 4) is 0 Å². The van der Waals surface area contributed by atoms with Gasteiger partial charge < -0.3 is 15.0 Å². The molecule has 0 spiro atoms. The standard InChI is InChI=1S/C11H18F3N3O2/c1-2-3-8(15)6-10-16-9(17-19-10)4-5-18-7-11(12,13)14/h8H,2-7,15H2,1H3. The summed E-state index contributed by atoms with van der Waals surface area (Å²) in [6, 6.07) is -0.0419. The summed E-state index contributed by atoms with van der Waals surface area (Å²) in [4.78, 5) is 4.05. The molecule has 1 atom stereocenters. The van der Waals surface area contributed by atoms with Crippen LogP contribution in [0, 0.1) is 0 Å². The van der Waals surface area contributed by atoms with E-state index >= 15 is 0 Å². The summed E-state index contributed by atoms with van der Waals surface area (Å²) in [6.45, 7) is 0.662. The highest BCUT2D eigenvalue weighted by molar-refractivity contribution is 4.89. The minimum absolute atomic E-state index is 0.0419. The molecule has 0 aliphatic carbocycles. The lowest BCUT2D eigenvalue weighted by Gasteiger charge is -2.06. The van der Waals surface area contributed by atoms with Gasteiger partial charge in [-0.2, -0.15) is 18.2 Å². The van der Waals surface area contributed by atoms with E-state index in [0.717, 1.165) is 12.8 Å². The second kappa shape index (κ2) is 7.44. The SMILES string of the molecule is CCCC(N)Cc1nc(CCOCC(F)(F)F)no1. The number of halogens is 3. The monoisotopic (exact) mass is 281 g/mol. The maximum absolute atomic E-state index is 11.8. The molecule has 0 amide bonds. The van der Waals surface area contributed by atoms with Crippen LogP contribution in [0.15, 0.2) is 4.52 Å². The zero-order valence-corrected chi connectivity index (χ0v) is 10.7. The van der Waals surface area contributed by atoms with Crippen molar-refractivity contribution in [2.75, 3.05) is 13.2 Å². The Morgan fingerprint density at radius 3 is 2.79 bits per heavy atom. The lowest BCUT2D eigenvalue weighted by Crippen LogP contribution is -2.22. The maximum Gasteiger partial charge on any atom is 0.411 e. The van der Waals surface area contributed by atoms with Crippen LogP contribution in [0.5, 0.6) is 0 Å². The third kappa shape index (κ3) is 7.12. The lowest BCUT2D eigenvalue weighted by molar-refractivity contribution is -0.173. The van der Waals surface area contributed by atoms with Crippen LogP contribution in [-0.4, -0.2) is 35.6 Å². The van der Waals surface area contributed by atoms with Crippen molar-refractivity contribution in [3.05, 3.63) is 11.7 Å². The molecule has 0 bridgehead atoms. The number of alkyl halides is 3. The molecule has 8 heteroatoms. The van der Waals surface area contributed by atoms with Crippen molar-refractivity contribution in [2.45, 2.75) is 44.8 Å². The number of nitrogens with zero attached hydrogens (tertiary/aromatic N) is 2. The van der Waals surface area contributed by atoms with Gasteiger partial charge in [0.1, 0.15) is 6.61 Å². The molecule has 5 nitrogen and oxygen atoms in total. The summed E-state index contributed by atoms with van der Waals surface area (Å²) < 4.78 is 44.9. The summed E-state index contributed by atoms with van der Waals surface area (Å²) >= 11 is 0. The van der Waals surface area contributed by atoms with Crippen LogP contribution in [0.25, 0.3) is 0 Å². The van der Waals surface area contributed by atoms with Gasteiger partial charge in [-0.05, 0) is 6.42 Å². The van der Waals surface area contributed by atoms with Gasteiger partial charge in [0.2, 0.25) is 5.89 Å². The number of hydrogen-bond donors (Lipinski definition) is 1. The number of hydrogen-bond acceptors (Lipinski definition) is 5. The Balaban J connectivity index is 2.27. The van der Waals surface area contributed by atoms with Gasteiger partial charge in [0.25, 0.3) is 0 Å². The highest BCUT2D eigenvalue weighted by Crippen LogP contribution is 2.14. The number of rotatable bonds is 8. The molecule has 0 aromatic carbocycles. The predicted molar refractivity (Wildman–Crippen MR) is 61.5 cm³/mol. The fraction of sp³-hybridized carbons (Fsp3) is 0.818. The second-order valence-corrected chi connectivity index (χ2v) is 4.27. The average Bonchev–Trinajstić information content (AvgIpc) is 2.71. The lowest BCUT2D eigenvalue weighted by atomic mass is 10.1. The van der Waals surface area contributed by atoms with Gasteiger partial charge in [-0.15, -0.1) is 0 Å². The van der Waals surface area contributed by atoms with E-state index < -0.39 is 12.8 Å². The molecule has 1 heterocycles. The Morgan fingerprint density at radius 2 is 2.16 bits per heavy atom. The Bertz CT molecular complexity index is 368. The van der Waals surface area contributed by atoms with Gasteiger partial charge in [-0.3, -0.25) is 0 Å². The van der Waals surface area contributed by atoms with Gasteiger partial charge in [0.05, 0.1) is 6.61 Å². The number of ether oxygens (including phenoxy) is 1. The van der Waals surface area contributed by atoms with Crippen molar-refractivity contribution in [2.24, 2.45) is 5.73 Å². The highest BCUT2D eigenvalue weighted by atomic mass is 19.4. The zero-order valence-electron chi connectivity index (χ0n) is 10.7. The van der Waals surface area contributed by atoms with Crippen molar-refractivity contribution in [1.82, 2.24) is 10.1 Å². The van der Waals surface area contributed by atoms with Gasteiger partial charge >= 0.3 is 6.18 Å². The number of aromatic nitrogens is 2. The molecule has 0 aliphatic rings. The second-order valence-electron chi connectivity index (χ2n) is 4.27. The first-order chi connectivity index (χ1) is 8.90. The zero-order chi connectivity index (χ0) is 14.3. The normalized spacial score (nSPS) is 13.7. The third-order valence-corrected chi connectivity index (χ3v) is 2.34. The molecular formula is C11H18F3N3O2. The summed E-state index contributed by atoms with van der Waals surface area (Å²) in [5, 5.41) is 3.66. The summed E-state index contributed by atoms with van der Waals surface area (Å²) in [7, 11) is 0. The van der Waals surface area contributed by atoms with Gasteiger partial charge in [0.15, 0.2) is 5.82 Å². The molecule has 2 N–H and O–H groups in total. The first-order valence-electron chi connectivity index (χ1n) is 6.12. The van der Waals surface area contributed by atoms with E-state index in [4.69, 9.17) is 10.3 Å².